The van der Waals surface area contributed by atoms with E-state index in [0.717, 1.165) is 6.42 Å². The number of rotatable bonds is 1. The van der Waals surface area contributed by atoms with Gasteiger partial charge in [-0.1, -0.05) is 11.8 Å². The van der Waals surface area contributed by atoms with E-state index in [0.29, 0.717) is 0 Å². The number of carbonyl (C=O) groups is 1. The number of amides is 1. The van der Waals surface area contributed by atoms with Crippen LogP contribution in [0.25, 0.3) is 0 Å². The maximum Gasteiger partial charge on any atom is 0.254 e. The molecule has 4 saturated heterocycles. The smallest absolute Gasteiger partial charge is 0.254 e. The molecule has 2 atom stereocenters. The number of thioether (sulfide) groups is 5. The van der Waals surface area contributed by atoms with E-state index >= 15 is 0 Å². The van der Waals surface area contributed by atoms with Crippen LogP contribution in [0.1, 0.15) is 27.2 Å². The lowest BCUT2D eigenvalue weighted by molar-refractivity contribution is -0.116. The SMILES string of the molecule is CC12CC3(C)SC(C)(S1)SC(C(N)=O)(S2)S3. The first-order chi connectivity index (χ1) is 7.19. The molecule has 0 spiro atoms. The van der Waals surface area contributed by atoms with Crippen molar-refractivity contribution in [2.24, 2.45) is 5.73 Å². The van der Waals surface area contributed by atoms with Crippen molar-refractivity contribution in [3.05, 3.63) is 0 Å². The molecule has 4 aliphatic rings. The van der Waals surface area contributed by atoms with Gasteiger partial charge in [0, 0.05) is 0 Å². The molecule has 4 aliphatic heterocycles. The van der Waals surface area contributed by atoms with Crippen LogP contribution in [0.4, 0.5) is 0 Å². The molecule has 4 bridgehead atoms. The third-order valence-electron chi connectivity index (χ3n) is 2.77. The molecule has 4 rings (SSSR count). The van der Waals surface area contributed by atoms with E-state index in [9.17, 15) is 4.79 Å². The Morgan fingerprint density at radius 2 is 1.50 bits per heavy atom. The summed E-state index contributed by atoms with van der Waals surface area (Å²) in [4.78, 5) is 11.8. The second kappa shape index (κ2) is 3.21. The lowest BCUT2D eigenvalue weighted by Crippen LogP contribution is -2.58. The van der Waals surface area contributed by atoms with Gasteiger partial charge in [0.25, 0.3) is 5.91 Å². The molecule has 0 aromatic heterocycles. The Morgan fingerprint density at radius 1 is 1.00 bits per heavy atom. The fourth-order valence-corrected chi connectivity index (χ4v) is 19.1. The fourth-order valence-electron chi connectivity index (χ4n) is 2.64. The zero-order chi connectivity index (χ0) is 11.8. The molecule has 0 aliphatic carbocycles. The van der Waals surface area contributed by atoms with E-state index < -0.39 is 3.41 Å². The number of hydrogen-bond donors (Lipinski definition) is 1. The van der Waals surface area contributed by atoms with Crippen molar-refractivity contribution in [3.8, 4) is 0 Å². The maximum absolute atomic E-state index is 11.8. The summed E-state index contributed by atoms with van der Waals surface area (Å²) < 4.78 is -0.110. The average Bonchev–Trinajstić information content (AvgIpc) is 1.92. The largest absolute Gasteiger partial charge is 0.367 e. The third kappa shape index (κ3) is 1.65. The average molecular weight is 312 g/mol. The second-order valence-electron chi connectivity index (χ2n) is 4.74. The quantitative estimate of drug-likeness (QED) is 0.801. The lowest BCUT2D eigenvalue weighted by atomic mass is 10.2. The Balaban J connectivity index is 2.11. The monoisotopic (exact) mass is 311 g/mol. The molecule has 16 heavy (non-hydrogen) atoms. The number of primary amides is 1. The van der Waals surface area contributed by atoms with Crippen molar-refractivity contribution >= 4 is 64.7 Å². The molecule has 2 unspecified atom stereocenters. The molecular formula is C9H13NOS5. The zero-order valence-electron chi connectivity index (χ0n) is 9.23. The lowest BCUT2D eigenvalue weighted by Gasteiger charge is -2.64. The molecule has 90 valence electrons. The Hall–Kier alpha value is 1.22. The van der Waals surface area contributed by atoms with Crippen molar-refractivity contribution in [2.45, 2.75) is 42.2 Å². The summed E-state index contributed by atoms with van der Waals surface area (Å²) in [5.41, 5.74) is 5.65. The molecule has 0 saturated carbocycles. The Labute approximate surface area is 117 Å². The van der Waals surface area contributed by atoms with Crippen LogP contribution in [0, 0.1) is 0 Å². The van der Waals surface area contributed by atoms with Crippen LogP contribution in [0.5, 0.6) is 0 Å². The molecule has 4 heterocycles. The van der Waals surface area contributed by atoms with Gasteiger partial charge >= 0.3 is 0 Å². The standard InChI is InChI=1S/C9H13NOS5/c1-6-4-7(2)13-8(3,12-6)16-9(14-6,15-7)5(10)11/h4H2,1-3H3,(H2,10,11). The Kier molecular flexibility index (Phi) is 2.46. The van der Waals surface area contributed by atoms with Crippen LogP contribution in [-0.2, 0) is 4.79 Å². The van der Waals surface area contributed by atoms with Crippen molar-refractivity contribution in [1.29, 1.82) is 0 Å². The topological polar surface area (TPSA) is 43.1 Å². The van der Waals surface area contributed by atoms with Gasteiger partial charge in [-0.2, -0.15) is 0 Å². The van der Waals surface area contributed by atoms with E-state index in [1.807, 2.05) is 23.5 Å². The minimum absolute atomic E-state index is 0.0767. The van der Waals surface area contributed by atoms with Gasteiger partial charge in [-0.3, -0.25) is 4.79 Å². The normalized spacial score (nSPS) is 58.9. The highest BCUT2D eigenvalue weighted by Crippen LogP contribution is 2.84. The molecule has 0 radical (unpaired) electrons. The van der Waals surface area contributed by atoms with Gasteiger partial charge in [0.2, 0.25) is 0 Å². The summed E-state index contributed by atoms with van der Waals surface area (Å²) in [6.07, 6.45) is 1.13. The van der Waals surface area contributed by atoms with Gasteiger partial charge in [-0.25, -0.2) is 0 Å². The summed E-state index contributed by atoms with van der Waals surface area (Å²) in [7, 11) is 0. The fraction of sp³-hybridized carbons (Fsp3) is 0.889. The summed E-state index contributed by atoms with van der Waals surface area (Å²) >= 11 is 9.25. The molecule has 0 aromatic carbocycles. The van der Waals surface area contributed by atoms with Crippen LogP contribution in [0.2, 0.25) is 0 Å². The molecule has 7 heteroatoms. The van der Waals surface area contributed by atoms with Crippen LogP contribution in [-0.4, -0.2) is 20.9 Å². The predicted molar refractivity (Wildman–Crippen MR) is 79.7 cm³/mol. The molecular weight excluding hydrogens is 298 g/mol. The van der Waals surface area contributed by atoms with Crippen molar-refractivity contribution in [3.63, 3.8) is 0 Å². The van der Waals surface area contributed by atoms with Gasteiger partial charge in [0.1, 0.15) is 3.41 Å². The molecule has 2 N–H and O–H groups in total. The van der Waals surface area contributed by atoms with Crippen molar-refractivity contribution in [1.82, 2.24) is 0 Å². The molecule has 4 fully saturated rings. The van der Waals surface area contributed by atoms with Crippen LogP contribution >= 0.6 is 58.8 Å². The van der Waals surface area contributed by atoms with Crippen LogP contribution in [0.15, 0.2) is 0 Å². The summed E-state index contributed by atoms with van der Waals surface area (Å²) in [6.45, 7) is 6.76. The van der Waals surface area contributed by atoms with E-state index in [2.05, 4.69) is 20.8 Å². The highest BCUT2D eigenvalue weighted by Gasteiger charge is 2.69. The second-order valence-corrected chi connectivity index (χ2v) is 15.7. The van der Waals surface area contributed by atoms with Gasteiger partial charge in [-0.15, -0.1) is 47.0 Å². The summed E-state index contributed by atoms with van der Waals surface area (Å²) in [5.74, 6) is -0.170. The Morgan fingerprint density at radius 3 is 1.88 bits per heavy atom. The highest BCUT2D eigenvalue weighted by atomic mass is 32.3. The van der Waals surface area contributed by atoms with Crippen molar-refractivity contribution < 1.29 is 4.79 Å². The van der Waals surface area contributed by atoms with E-state index in [-0.39, 0.29) is 17.5 Å². The van der Waals surface area contributed by atoms with Crippen molar-refractivity contribution in [2.75, 3.05) is 0 Å². The first kappa shape index (κ1) is 12.3. The number of hydrogen-bond acceptors (Lipinski definition) is 6. The molecule has 2 nitrogen and oxygen atoms in total. The Bertz CT molecular complexity index is 333. The summed E-state index contributed by atoms with van der Waals surface area (Å²) in [6, 6.07) is 0. The predicted octanol–water partition coefficient (Wildman–Crippen LogP) is 3.33. The molecule has 1 amide bonds. The van der Waals surface area contributed by atoms with Crippen LogP contribution < -0.4 is 5.73 Å². The van der Waals surface area contributed by atoms with Gasteiger partial charge < -0.3 is 5.73 Å². The van der Waals surface area contributed by atoms with Crippen LogP contribution in [0.3, 0.4) is 0 Å². The van der Waals surface area contributed by atoms with E-state index in [1.165, 1.54) is 0 Å². The minimum Gasteiger partial charge on any atom is -0.367 e. The zero-order valence-corrected chi connectivity index (χ0v) is 13.3. The van der Waals surface area contributed by atoms with Gasteiger partial charge in [0.15, 0.2) is 3.41 Å². The maximum atomic E-state index is 11.8. The minimum atomic E-state index is -0.465. The first-order valence-corrected chi connectivity index (χ1v) is 9.07. The summed E-state index contributed by atoms with van der Waals surface area (Å²) in [5, 5.41) is 0. The molecule has 0 aromatic rings. The van der Waals surface area contributed by atoms with Gasteiger partial charge in [0.05, 0.1) is 8.16 Å². The number of carbonyl (C=O) groups excluding carboxylic acids is 1. The first-order valence-electron chi connectivity index (χ1n) is 4.99. The van der Waals surface area contributed by atoms with E-state index in [4.69, 9.17) is 5.73 Å². The third-order valence-corrected chi connectivity index (χ3v) is 11.6. The number of nitrogens with two attached hydrogens (primary N) is 1. The van der Waals surface area contributed by atoms with E-state index in [1.54, 1.807) is 35.3 Å². The highest BCUT2D eigenvalue weighted by molar-refractivity contribution is 8.55. The van der Waals surface area contributed by atoms with Gasteiger partial charge in [-0.05, 0) is 27.2 Å².